The van der Waals surface area contributed by atoms with Gasteiger partial charge in [0.1, 0.15) is 0 Å². The van der Waals surface area contributed by atoms with Crippen molar-refractivity contribution in [2.24, 2.45) is 0 Å². The maximum atomic E-state index is 13.2. The Morgan fingerprint density at radius 1 is 1.14 bits per heavy atom. The summed E-state index contributed by atoms with van der Waals surface area (Å²) in [6.07, 6.45) is 1.48. The van der Waals surface area contributed by atoms with Gasteiger partial charge in [-0.15, -0.1) is 10.2 Å². The number of carbonyl (C=O) groups is 1. The van der Waals surface area contributed by atoms with Crippen molar-refractivity contribution in [2.75, 3.05) is 5.32 Å². The van der Waals surface area contributed by atoms with E-state index in [-0.39, 0.29) is 10.8 Å². The van der Waals surface area contributed by atoms with Crippen LogP contribution < -0.4 is 5.32 Å². The molecule has 11 heteroatoms. The number of aromatic nitrogens is 3. The molecule has 28 heavy (non-hydrogen) atoms. The van der Waals surface area contributed by atoms with E-state index in [2.05, 4.69) is 20.7 Å². The Bertz CT molecular complexity index is 1110. The molecule has 0 bridgehead atoms. The summed E-state index contributed by atoms with van der Waals surface area (Å²) in [6, 6.07) is 8.53. The number of nitrogens with one attached hydrogen (secondary N) is 1. The standard InChI is InChI=1S/C17H10F2N4O3S2/c18-10-4-3-9(6-11(10)19)8-27-17-22-21-16(28-17)20-15(24)12-7-14(26-23-12)13-2-1-5-25-13/h1-7H,8H2,(H,20,21,24). The van der Waals surface area contributed by atoms with E-state index < -0.39 is 17.5 Å². The van der Waals surface area contributed by atoms with Crippen molar-refractivity contribution in [3.63, 3.8) is 0 Å². The maximum absolute atomic E-state index is 13.2. The fourth-order valence-corrected chi connectivity index (χ4v) is 3.86. The van der Waals surface area contributed by atoms with E-state index in [9.17, 15) is 13.6 Å². The molecule has 0 saturated heterocycles. The van der Waals surface area contributed by atoms with E-state index in [1.807, 2.05) is 0 Å². The molecule has 0 atom stereocenters. The number of carbonyl (C=O) groups excluding carboxylic acids is 1. The van der Waals surface area contributed by atoms with Crippen molar-refractivity contribution in [3.8, 4) is 11.5 Å². The molecule has 0 spiro atoms. The minimum absolute atomic E-state index is 0.0672. The summed E-state index contributed by atoms with van der Waals surface area (Å²) in [4.78, 5) is 12.2. The second-order valence-corrected chi connectivity index (χ2v) is 7.62. The molecule has 3 heterocycles. The first kappa shape index (κ1) is 18.3. The van der Waals surface area contributed by atoms with Crippen LogP contribution in [0.1, 0.15) is 16.1 Å². The van der Waals surface area contributed by atoms with Gasteiger partial charge < -0.3 is 8.94 Å². The highest BCUT2D eigenvalue weighted by Crippen LogP contribution is 2.29. The minimum Gasteiger partial charge on any atom is -0.461 e. The van der Waals surface area contributed by atoms with Crippen molar-refractivity contribution in [3.05, 3.63) is 65.6 Å². The molecule has 1 amide bonds. The highest BCUT2D eigenvalue weighted by molar-refractivity contribution is 8.00. The van der Waals surface area contributed by atoms with Gasteiger partial charge in [0.2, 0.25) is 10.9 Å². The number of hydrogen-bond acceptors (Lipinski definition) is 8. The molecular formula is C17H10F2N4O3S2. The average Bonchev–Trinajstić information content (AvgIpc) is 3.44. The van der Waals surface area contributed by atoms with Crippen LogP contribution in [0.4, 0.5) is 13.9 Å². The van der Waals surface area contributed by atoms with E-state index in [1.165, 1.54) is 30.2 Å². The number of furan rings is 1. The Hall–Kier alpha value is -3.05. The van der Waals surface area contributed by atoms with Crippen molar-refractivity contribution >= 4 is 34.1 Å². The zero-order chi connectivity index (χ0) is 19.5. The van der Waals surface area contributed by atoms with Crippen LogP contribution >= 0.6 is 23.1 Å². The molecule has 0 aliphatic rings. The third kappa shape index (κ3) is 4.10. The number of amides is 1. The van der Waals surface area contributed by atoms with Gasteiger partial charge in [-0.2, -0.15) is 0 Å². The largest absolute Gasteiger partial charge is 0.461 e. The zero-order valence-electron chi connectivity index (χ0n) is 13.9. The molecule has 0 fully saturated rings. The Morgan fingerprint density at radius 2 is 2.04 bits per heavy atom. The zero-order valence-corrected chi connectivity index (χ0v) is 15.5. The lowest BCUT2D eigenvalue weighted by Crippen LogP contribution is -2.11. The first-order valence-electron chi connectivity index (χ1n) is 7.80. The van der Waals surface area contributed by atoms with Crippen LogP contribution in [0.2, 0.25) is 0 Å². The first-order valence-corrected chi connectivity index (χ1v) is 9.61. The minimum atomic E-state index is -0.898. The lowest BCUT2D eigenvalue weighted by molar-refractivity contribution is 0.101. The number of hydrogen-bond donors (Lipinski definition) is 1. The van der Waals surface area contributed by atoms with Gasteiger partial charge in [0, 0.05) is 11.8 Å². The predicted octanol–water partition coefficient (Wildman–Crippen LogP) is 4.61. The van der Waals surface area contributed by atoms with E-state index >= 15 is 0 Å². The molecule has 0 aliphatic heterocycles. The summed E-state index contributed by atoms with van der Waals surface area (Å²) >= 11 is 2.44. The third-order valence-electron chi connectivity index (χ3n) is 3.48. The van der Waals surface area contributed by atoms with Gasteiger partial charge in [-0.25, -0.2) is 8.78 Å². The molecule has 1 N–H and O–H groups in total. The highest BCUT2D eigenvalue weighted by Gasteiger charge is 2.17. The van der Waals surface area contributed by atoms with Crippen LogP contribution in [0.15, 0.2) is 55.9 Å². The summed E-state index contributed by atoms with van der Waals surface area (Å²) in [6.45, 7) is 0. The maximum Gasteiger partial charge on any atom is 0.279 e. The first-order chi connectivity index (χ1) is 13.6. The Labute approximate surface area is 164 Å². The van der Waals surface area contributed by atoms with Crippen LogP contribution in [0.5, 0.6) is 0 Å². The lowest BCUT2D eigenvalue weighted by Gasteiger charge is -1.99. The molecule has 0 unspecified atom stereocenters. The smallest absolute Gasteiger partial charge is 0.279 e. The number of benzene rings is 1. The van der Waals surface area contributed by atoms with Gasteiger partial charge in [-0.3, -0.25) is 10.1 Å². The van der Waals surface area contributed by atoms with Crippen LogP contribution in [-0.4, -0.2) is 21.3 Å². The third-order valence-corrected chi connectivity index (χ3v) is 5.52. The summed E-state index contributed by atoms with van der Waals surface area (Å²) < 4.78 is 37.0. The van der Waals surface area contributed by atoms with Crippen molar-refractivity contribution in [1.29, 1.82) is 0 Å². The summed E-state index contributed by atoms with van der Waals surface area (Å²) in [5.74, 6) is -1.12. The van der Waals surface area contributed by atoms with Crippen molar-refractivity contribution < 1.29 is 22.5 Å². The van der Waals surface area contributed by atoms with Crippen molar-refractivity contribution in [1.82, 2.24) is 15.4 Å². The Balaban J connectivity index is 1.36. The molecule has 0 aliphatic carbocycles. The summed E-state index contributed by atoms with van der Waals surface area (Å²) in [5, 5.41) is 14.4. The molecule has 7 nitrogen and oxygen atoms in total. The molecular weight excluding hydrogens is 410 g/mol. The molecule has 0 saturated carbocycles. The topological polar surface area (TPSA) is 94.1 Å². The Kier molecular flexibility index (Phi) is 5.17. The molecule has 3 aromatic heterocycles. The number of halogens is 2. The quantitative estimate of drug-likeness (QED) is 0.360. The monoisotopic (exact) mass is 420 g/mol. The highest BCUT2D eigenvalue weighted by atomic mass is 32.2. The van der Waals surface area contributed by atoms with Gasteiger partial charge in [-0.1, -0.05) is 34.3 Å². The fraction of sp³-hybridized carbons (Fsp3) is 0.0588. The fourth-order valence-electron chi connectivity index (χ4n) is 2.17. The van der Waals surface area contributed by atoms with Crippen LogP contribution in [0.25, 0.3) is 11.5 Å². The van der Waals surface area contributed by atoms with E-state index in [0.29, 0.717) is 27.2 Å². The summed E-state index contributed by atoms with van der Waals surface area (Å²) in [5.41, 5.74) is 0.676. The van der Waals surface area contributed by atoms with Gasteiger partial charge in [0.25, 0.3) is 5.91 Å². The number of anilines is 1. The molecule has 4 aromatic rings. The SMILES string of the molecule is O=C(Nc1nnc(SCc2ccc(F)c(F)c2)s1)c1cc(-c2ccco2)on1. The average molecular weight is 420 g/mol. The molecule has 4 rings (SSSR count). The van der Waals surface area contributed by atoms with E-state index in [1.54, 1.807) is 12.1 Å². The van der Waals surface area contributed by atoms with E-state index in [4.69, 9.17) is 8.94 Å². The summed E-state index contributed by atoms with van der Waals surface area (Å²) in [7, 11) is 0. The van der Waals surface area contributed by atoms with Gasteiger partial charge in [0.15, 0.2) is 27.4 Å². The Morgan fingerprint density at radius 3 is 2.82 bits per heavy atom. The molecule has 1 aromatic carbocycles. The number of rotatable bonds is 6. The predicted molar refractivity (Wildman–Crippen MR) is 98.0 cm³/mol. The number of thioether (sulfide) groups is 1. The van der Waals surface area contributed by atoms with E-state index in [0.717, 1.165) is 23.5 Å². The van der Waals surface area contributed by atoms with Gasteiger partial charge >= 0.3 is 0 Å². The second kappa shape index (κ2) is 7.90. The lowest BCUT2D eigenvalue weighted by atomic mass is 10.2. The second-order valence-electron chi connectivity index (χ2n) is 5.42. The normalized spacial score (nSPS) is 10.9. The van der Waals surface area contributed by atoms with Crippen LogP contribution in [0.3, 0.4) is 0 Å². The van der Waals surface area contributed by atoms with Crippen LogP contribution in [0, 0.1) is 11.6 Å². The van der Waals surface area contributed by atoms with Gasteiger partial charge in [0.05, 0.1) is 6.26 Å². The molecule has 0 radical (unpaired) electrons. The molecule has 142 valence electrons. The van der Waals surface area contributed by atoms with Gasteiger partial charge in [-0.05, 0) is 29.8 Å². The number of nitrogens with zero attached hydrogens (tertiary/aromatic N) is 3. The van der Waals surface area contributed by atoms with Crippen LogP contribution in [-0.2, 0) is 5.75 Å². The van der Waals surface area contributed by atoms with Crippen molar-refractivity contribution in [2.45, 2.75) is 10.1 Å².